The van der Waals surface area contributed by atoms with Crippen LogP contribution in [-0.2, 0) is 4.79 Å². The smallest absolute Gasteiger partial charge is 0.337 e. The highest BCUT2D eigenvalue weighted by Gasteiger charge is 2.42. The summed E-state index contributed by atoms with van der Waals surface area (Å²) in [5, 5.41) is 29.3. The number of aliphatic hydroxyl groups is 2. The molecule has 0 aliphatic rings. The van der Waals surface area contributed by atoms with E-state index in [4.69, 9.17) is 5.73 Å². The molecule has 0 aromatic carbocycles. The number of rotatable bonds is 11. The highest BCUT2D eigenvalue weighted by Crippen LogP contribution is 2.23. The SMILES string of the molecule is C=C(/C=C(O)\C=C/CCCC)CC(O)(C(=O)O)C(N)CSC. The summed E-state index contributed by atoms with van der Waals surface area (Å²) in [6.45, 7) is 5.77. The molecule has 2 unspecified atom stereocenters. The molecule has 0 amide bonds. The second-order valence-electron chi connectivity index (χ2n) is 5.24. The van der Waals surface area contributed by atoms with Crippen LogP contribution in [0.3, 0.4) is 0 Å². The Hall–Kier alpha value is -1.24. The number of aliphatic hydroxyl groups excluding tert-OH is 1. The number of carbonyl (C=O) groups is 1. The zero-order chi connectivity index (χ0) is 17.2. The van der Waals surface area contributed by atoms with Gasteiger partial charge in [0.05, 0.1) is 6.04 Å². The zero-order valence-corrected chi connectivity index (χ0v) is 14.1. The fraction of sp³-hybridized carbons (Fsp3) is 0.562. The van der Waals surface area contributed by atoms with Gasteiger partial charge >= 0.3 is 5.97 Å². The second kappa shape index (κ2) is 10.5. The van der Waals surface area contributed by atoms with Crippen molar-refractivity contribution in [2.75, 3.05) is 12.0 Å². The summed E-state index contributed by atoms with van der Waals surface area (Å²) in [5.41, 5.74) is 3.98. The molecule has 0 rings (SSSR count). The van der Waals surface area contributed by atoms with Crippen molar-refractivity contribution >= 4 is 17.7 Å². The van der Waals surface area contributed by atoms with E-state index in [1.54, 1.807) is 12.3 Å². The molecule has 0 aromatic heterocycles. The van der Waals surface area contributed by atoms with E-state index in [1.165, 1.54) is 17.8 Å². The van der Waals surface area contributed by atoms with Crippen LogP contribution >= 0.6 is 11.8 Å². The molecular formula is C16H27NO4S. The van der Waals surface area contributed by atoms with Crippen LogP contribution in [-0.4, -0.2) is 44.9 Å². The highest BCUT2D eigenvalue weighted by atomic mass is 32.2. The van der Waals surface area contributed by atoms with E-state index in [9.17, 15) is 20.1 Å². The average molecular weight is 329 g/mol. The van der Waals surface area contributed by atoms with Gasteiger partial charge in [-0.1, -0.05) is 32.4 Å². The Balaban J connectivity index is 4.83. The molecule has 22 heavy (non-hydrogen) atoms. The minimum atomic E-state index is -2.09. The minimum absolute atomic E-state index is 0.0210. The Morgan fingerprint density at radius 1 is 1.45 bits per heavy atom. The van der Waals surface area contributed by atoms with Gasteiger partial charge in [0.1, 0.15) is 5.76 Å². The number of carboxylic acids is 1. The topological polar surface area (TPSA) is 104 Å². The van der Waals surface area contributed by atoms with Gasteiger partial charge in [0.15, 0.2) is 5.60 Å². The molecular weight excluding hydrogens is 302 g/mol. The Morgan fingerprint density at radius 2 is 2.09 bits per heavy atom. The first-order chi connectivity index (χ1) is 10.3. The number of allylic oxidation sites excluding steroid dienone is 3. The van der Waals surface area contributed by atoms with Crippen molar-refractivity contribution < 1.29 is 20.1 Å². The summed E-state index contributed by atoms with van der Waals surface area (Å²) in [6.07, 6.45) is 9.24. The van der Waals surface area contributed by atoms with E-state index in [1.807, 2.05) is 6.08 Å². The van der Waals surface area contributed by atoms with Crippen LogP contribution in [0.5, 0.6) is 0 Å². The zero-order valence-electron chi connectivity index (χ0n) is 13.3. The molecule has 2 atom stereocenters. The van der Waals surface area contributed by atoms with Crippen molar-refractivity contribution in [2.45, 2.75) is 44.2 Å². The van der Waals surface area contributed by atoms with Crippen LogP contribution < -0.4 is 5.73 Å². The molecule has 0 fully saturated rings. The summed E-state index contributed by atoms with van der Waals surface area (Å²) in [6, 6.07) is -0.924. The van der Waals surface area contributed by atoms with E-state index in [0.717, 1.165) is 19.3 Å². The predicted octanol–water partition coefficient (Wildman–Crippen LogP) is 2.63. The van der Waals surface area contributed by atoms with Crippen molar-refractivity contribution in [1.82, 2.24) is 0 Å². The molecule has 0 aromatic rings. The first kappa shape index (κ1) is 20.8. The van der Waals surface area contributed by atoms with Crippen molar-refractivity contribution in [2.24, 2.45) is 5.73 Å². The molecule has 0 saturated carbocycles. The number of nitrogens with two attached hydrogens (primary N) is 1. The lowest BCUT2D eigenvalue weighted by molar-refractivity contribution is -0.160. The fourth-order valence-electron chi connectivity index (χ4n) is 1.86. The van der Waals surface area contributed by atoms with Crippen molar-refractivity contribution in [3.8, 4) is 0 Å². The van der Waals surface area contributed by atoms with Gasteiger partial charge in [-0.25, -0.2) is 4.79 Å². The molecule has 0 saturated heterocycles. The van der Waals surface area contributed by atoms with E-state index in [2.05, 4.69) is 13.5 Å². The maximum atomic E-state index is 11.3. The Morgan fingerprint density at radius 3 is 2.59 bits per heavy atom. The third-order valence-electron chi connectivity index (χ3n) is 3.19. The van der Waals surface area contributed by atoms with Gasteiger partial charge in [0.2, 0.25) is 0 Å². The van der Waals surface area contributed by atoms with Gasteiger partial charge in [-0.15, -0.1) is 0 Å². The predicted molar refractivity (Wildman–Crippen MR) is 92.1 cm³/mol. The van der Waals surface area contributed by atoms with Crippen molar-refractivity contribution in [3.05, 3.63) is 36.1 Å². The maximum Gasteiger partial charge on any atom is 0.337 e. The summed E-state index contributed by atoms with van der Waals surface area (Å²) in [5.74, 6) is -1.10. The standard InChI is InChI=1S/C16H27NO4S/c1-4-5-6-7-8-13(18)9-12(2)10-16(21,15(19)20)14(17)11-22-3/h7-9,14,18,21H,2,4-6,10-11,17H2,1,3H3,(H,19,20)/b8-7-,13-9+. The summed E-state index contributed by atoms with van der Waals surface area (Å²) >= 11 is 1.36. The van der Waals surface area contributed by atoms with Crippen LogP contribution in [0.4, 0.5) is 0 Å². The number of unbranched alkanes of at least 4 members (excludes halogenated alkanes) is 2. The van der Waals surface area contributed by atoms with Gasteiger partial charge < -0.3 is 21.1 Å². The van der Waals surface area contributed by atoms with Gasteiger partial charge in [0.25, 0.3) is 0 Å². The quantitative estimate of drug-likeness (QED) is 0.264. The molecule has 0 bridgehead atoms. The van der Waals surface area contributed by atoms with Gasteiger partial charge in [-0.3, -0.25) is 0 Å². The van der Waals surface area contributed by atoms with E-state index in [-0.39, 0.29) is 12.2 Å². The van der Waals surface area contributed by atoms with Gasteiger partial charge in [0, 0.05) is 12.2 Å². The second-order valence-corrected chi connectivity index (χ2v) is 6.15. The summed E-state index contributed by atoms with van der Waals surface area (Å²) in [4.78, 5) is 11.3. The normalized spacial score (nSPS) is 16.5. The summed E-state index contributed by atoms with van der Waals surface area (Å²) in [7, 11) is 0. The third kappa shape index (κ3) is 7.15. The molecule has 6 heteroatoms. The lowest BCUT2D eigenvalue weighted by Crippen LogP contribution is -2.55. The molecule has 5 N–H and O–H groups in total. The lowest BCUT2D eigenvalue weighted by atomic mass is 9.88. The Kier molecular flexibility index (Phi) is 9.89. The largest absolute Gasteiger partial charge is 0.508 e. The maximum absolute atomic E-state index is 11.3. The number of aliphatic carboxylic acids is 1. The number of carboxylic acid groups (broad SMARTS) is 1. The van der Waals surface area contributed by atoms with Crippen LogP contribution in [0.1, 0.15) is 32.6 Å². The first-order valence-electron chi connectivity index (χ1n) is 7.23. The number of hydrogen-bond donors (Lipinski definition) is 4. The molecule has 0 spiro atoms. The van der Waals surface area contributed by atoms with E-state index in [0.29, 0.717) is 11.3 Å². The Labute approximate surface area is 136 Å². The van der Waals surface area contributed by atoms with Crippen LogP contribution in [0, 0.1) is 0 Å². The molecule has 0 aliphatic heterocycles. The van der Waals surface area contributed by atoms with E-state index >= 15 is 0 Å². The Bertz CT molecular complexity index is 434. The van der Waals surface area contributed by atoms with Crippen molar-refractivity contribution in [1.29, 1.82) is 0 Å². The van der Waals surface area contributed by atoms with E-state index < -0.39 is 17.6 Å². The van der Waals surface area contributed by atoms with Crippen LogP contribution in [0.15, 0.2) is 36.1 Å². The van der Waals surface area contributed by atoms with Crippen LogP contribution in [0.25, 0.3) is 0 Å². The minimum Gasteiger partial charge on any atom is -0.508 e. The third-order valence-corrected chi connectivity index (χ3v) is 3.88. The first-order valence-corrected chi connectivity index (χ1v) is 8.62. The fourth-order valence-corrected chi connectivity index (χ4v) is 2.50. The monoisotopic (exact) mass is 329 g/mol. The molecule has 0 aliphatic carbocycles. The molecule has 5 nitrogen and oxygen atoms in total. The lowest BCUT2D eigenvalue weighted by Gasteiger charge is -2.29. The van der Waals surface area contributed by atoms with Crippen LogP contribution in [0.2, 0.25) is 0 Å². The number of hydrogen-bond acceptors (Lipinski definition) is 5. The highest BCUT2D eigenvalue weighted by molar-refractivity contribution is 7.98. The molecule has 0 heterocycles. The van der Waals surface area contributed by atoms with Gasteiger partial charge in [-0.05, 0) is 30.4 Å². The average Bonchev–Trinajstić information content (AvgIpc) is 2.43. The van der Waals surface area contributed by atoms with Crippen molar-refractivity contribution in [3.63, 3.8) is 0 Å². The van der Waals surface area contributed by atoms with Gasteiger partial charge in [-0.2, -0.15) is 11.8 Å². The molecule has 0 radical (unpaired) electrons. The summed E-state index contributed by atoms with van der Waals surface area (Å²) < 4.78 is 0. The molecule has 126 valence electrons. The number of thioether (sulfide) groups is 1.